The van der Waals surface area contributed by atoms with E-state index in [0.717, 1.165) is 6.20 Å². The van der Waals surface area contributed by atoms with Crippen molar-refractivity contribution >= 4 is 16.9 Å². The zero-order chi connectivity index (χ0) is 19.0. The molecular formula is C20H13F2N5. The minimum atomic E-state index is -0.617. The van der Waals surface area contributed by atoms with E-state index in [4.69, 9.17) is 0 Å². The lowest BCUT2D eigenvalue weighted by atomic mass is 9.96. The topological polar surface area (TPSA) is 77.4 Å². The van der Waals surface area contributed by atoms with Crippen LogP contribution in [0.1, 0.15) is 5.56 Å². The number of aromatic nitrogens is 3. The van der Waals surface area contributed by atoms with E-state index in [2.05, 4.69) is 26.3 Å². The molecule has 0 aliphatic heterocycles. The molecule has 2 N–H and O–H groups in total. The molecule has 1 aromatic carbocycles. The fourth-order valence-electron chi connectivity index (χ4n) is 3.08. The summed E-state index contributed by atoms with van der Waals surface area (Å²) in [4.78, 5) is 11.2. The van der Waals surface area contributed by atoms with E-state index >= 15 is 4.39 Å². The molecular weight excluding hydrogens is 348 g/mol. The van der Waals surface area contributed by atoms with E-state index in [1.54, 1.807) is 37.5 Å². The van der Waals surface area contributed by atoms with Crippen LogP contribution in [0.15, 0.2) is 48.8 Å². The van der Waals surface area contributed by atoms with Gasteiger partial charge in [0.1, 0.15) is 17.5 Å². The molecule has 0 fully saturated rings. The van der Waals surface area contributed by atoms with Crippen molar-refractivity contribution in [2.45, 2.75) is 0 Å². The number of H-pyrrole nitrogens is 1. The molecule has 0 saturated carbocycles. The molecule has 3 aromatic heterocycles. The smallest absolute Gasteiger partial charge is 0.174 e. The van der Waals surface area contributed by atoms with Crippen LogP contribution in [0.2, 0.25) is 0 Å². The van der Waals surface area contributed by atoms with Crippen molar-refractivity contribution in [3.8, 4) is 28.5 Å². The quantitative estimate of drug-likeness (QED) is 0.564. The second-order valence-corrected chi connectivity index (χ2v) is 5.85. The molecule has 0 bridgehead atoms. The van der Waals surface area contributed by atoms with E-state index in [1.807, 2.05) is 6.07 Å². The maximum atomic E-state index is 15.0. The number of hydrogen-bond acceptors (Lipinski definition) is 4. The molecule has 4 aromatic rings. The van der Waals surface area contributed by atoms with E-state index in [1.165, 1.54) is 6.07 Å². The minimum absolute atomic E-state index is 0.00145. The van der Waals surface area contributed by atoms with Crippen LogP contribution in [0, 0.1) is 23.0 Å². The zero-order valence-electron chi connectivity index (χ0n) is 14.2. The first-order chi connectivity index (χ1) is 13.1. The maximum Gasteiger partial charge on any atom is 0.174 e. The second-order valence-electron chi connectivity index (χ2n) is 5.85. The van der Waals surface area contributed by atoms with Crippen molar-refractivity contribution in [3.63, 3.8) is 0 Å². The summed E-state index contributed by atoms with van der Waals surface area (Å²) in [6, 6.07) is 12.1. The number of benzene rings is 1. The van der Waals surface area contributed by atoms with Gasteiger partial charge in [-0.25, -0.2) is 18.7 Å². The number of pyridine rings is 2. The Morgan fingerprint density at radius 2 is 1.96 bits per heavy atom. The Kier molecular flexibility index (Phi) is 4.01. The molecule has 5 nitrogen and oxygen atoms in total. The predicted octanol–water partition coefficient (Wildman–Crippen LogP) is 4.48. The maximum absolute atomic E-state index is 15.0. The summed E-state index contributed by atoms with van der Waals surface area (Å²) in [6.07, 6.45) is 2.69. The summed E-state index contributed by atoms with van der Waals surface area (Å²) < 4.78 is 28.8. The lowest BCUT2D eigenvalue weighted by Gasteiger charge is -2.14. The number of nitrogens with one attached hydrogen (secondary N) is 2. The zero-order valence-corrected chi connectivity index (χ0v) is 14.2. The van der Waals surface area contributed by atoms with Gasteiger partial charge in [0.05, 0.1) is 17.5 Å². The van der Waals surface area contributed by atoms with Gasteiger partial charge in [0, 0.05) is 29.8 Å². The Labute approximate surface area is 153 Å². The van der Waals surface area contributed by atoms with Crippen molar-refractivity contribution in [1.82, 2.24) is 15.0 Å². The number of nitriles is 1. The fraction of sp³-hybridized carbons (Fsp3) is 0.0500. The van der Waals surface area contributed by atoms with E-state index in [9.17, 15) is 9.65 Å². The molecule has 0 aliphatic rings. The first kappa shape index (κ1) is 16.7. The van der Waals surface area contributed by atoms with Crippen LogP contribution >= 0.6 is 0 Å². The highest BCUT2D eigenvalue weighted by Gasteiger charge is 2.23. The summed E-state index contributed by atoms with van der Waals surface area (Å²) in [7, 11) is 1.55. The molecule has 0 amide bonds. The van der Waals surface area contributed by atoms with Gasteiger partial charge in [-0.15, -0.1) is 0 Å². The van der Waals surface area contributed by atoms with Crippen molar-refractivity contribution in [2.24, 2.45) is 0 Å². The van der Waals surface area contributed by atoms with Crippen molar-refractivity contribution in [3.05, 3.63) is 66.0 Å². The lowest BCUT2D eigenvalue weighted by molar-refractivity contribution is 0.624. The predicted molar refractivity (Wildman–Crippen MR) is 98.9 cm³/mol. The molecule has 0 radical (unpaired) electrons. The Hall–Kier alpha value is -3.79. The normalized spacial score (nSPS) is 10.7. The molecule has 7 heteroatoms. The second kappa shape index (κ2) is 6.50. The van der Waals surface area contributed by atoms with Crippen molar-refractivity contribution < 1.29 is 8.78 Å². The van der Waals surface area contributed by atoms with Crippen LogP contribution in [0.4, 0.5) is 14.6 Å². The van der Waals surface area contributed by atoms with Crippen LogP contribution in [-0.4, -0.2) is 22.0 Å². The summed E-state index contributed by atoms with van der Waals surface area (Å²) in [5.41, 5.74) is 1.95. The molecule has 27 heavy (non-hydrogen) atoms. The molecule has 0 spiro atoms. The van der Waals surface area contributed by atoms with Crippen molar-refractivity contribution in [1.29, 1.82) is 5.26 Å². The monoisotopic (exact) mass is 361 g/mol. The highest BCUT2D eigenvalue weighted by Crippen LogP contribution is 2.38. The first-order valence-electron chi connectivity index (χ1n) is 8.13. The van der Waals surface area contributed by atoms with Crippen LogP contribution in [0.3, 0.4) is 0 Å². The molecule has 0 saturated heterocycles. The fourth-order valence-corrected chi connectivity index (χ4v) is 3.08. The average molecular weight is 361 g/mol. The van der Waals surface area contributed by atoms with E-state index in [0.29, 0.717) is 22.2 Å². The third kappa shape index (κ3) is 2.68. The summed E-state index contributed by atoms with van der Waals surface area (Å²) in [5, 5.41) is 13.0. The summed E-state index contributed by atoms with van der Waals surface area (Å²) in [5.74, 6) is -1.13. The Morgan fingerprint density at radius 1 is 1.19 bits per heavy atom. The molecule has 0 unspecified atom stereocenters. The first-order valence-corrected chi connectivity index (χ1v) is 8.13. The number of anilines is 1. The van der Waals surface area contributed by atoms with Gasteiger partial charge in [0.2, 0.25) is 0 Å². The van der Waals surface area contributed by atoms with Gasteiger partial charge in [-0.05, 0) is 11.6 Å². The van der Waals surface area contributed by atoms with Crippen LogP contribution < -0.4 is 5.32 Å². The number of aromatic amines is 1. The highest BCUT2D eigenvalue weighted by molar-refractivity contribution is 5.96. The number of rotatable bonds is 3. The summed E-state index contributed by atoms with van der Waals surface area (Å²) in [6.45, 7) is 0. The van der Waals surface area contributed by atoms with Crippen LogP contribution in [-0.2, 0) is 0 Å². The van der Waals surface area contributed by atoms with Gasteiger partial charge in [-0.3, -0.25) is 0 Å². The molecule has 132 valence electrons. The Bertz CT molecular complexity index is 1190. The van der Waals surface area contributed by atoms with Crippen molar-refractivity contribution in [2.75, 3.05) is 12.4 Å². The number of halogens is 2. The van der Waals surface area contributed by atoms with Gasteiger partial charge in [-0.1, -0.05) is 30.3 Å². The van der Waals surface area contributed by atoms with Gasteiger partial charge < -0.3 is 10.3 Å². The standard InChI is InChI=1S/C20H13F2N5/c1-24-20-17(22)16(11-5-3-2-4-6-11)14(8-23)18(27-20)15-10-26-19-13(15)7-12(21)9-25-19/h2-7,9-10H,1H3,(H,24,27)(H,25,26). The van der Waals surface area contributed by atoms with Gasteiger partial charge >= 0.3 is 0 Å². The highest BCUT2D eigenvalue weighted by atomic mass is 19.1. The van der Waals surface area contributed by atoms with Gasteiger partial charge in [-0.2, -0.15) is 5.26 Å². The van der Waals surface area contributed by atoms with Gasteiger partial charge in [0.15, 0.2) is 11.6 Å². The molecule has 4 rings (SSSR count). The number of hydrogen-bond donors (Lipinski definition) is 2. The minimum Gasteiger partial charge on any atom is -0.371 e. The van der Waals surface area contributed by atoms with Crippen LogP contribution in [0.5, 0.6) is 0 Å². The van der Waals surface area contributed by atoms with E-state index < -0.39 is 11.6 Å². The SMILES string of the molecule is CNc1nc(-c2c[nH]c3ncc(F)cc23)c(C#N)c(-c2ccccc2)c1F. The average Bonchev–Trinajstić information content (AvgIpc) is 3.11. The Balaban J connectivity index is 2.09. The van der Waals surface area contributed by atoms with Crippen LogP contribution in [0.25, 0.3) is 33.4 Å². The molecule has 3 heterocycles. The molecule has 0 aliphatic carbocycles. The lowest BCUT2D eigenvalue weighted by Crippen LogP contribution is -2.04. The number of fused-ring (bicyclic) bond motifs is 1. The summed E-state index contributed by atoms with van der Waals surface area (Å²) >= 11 is 0. The van der Waals surface area contributed by atoms with Gasteiger partial charge in [0.25, 0.3) is 0 Å². The number of nitrogens with zero attached hydrogens (tertiary/aromatic N) is 3. The largest absolute Gasteiger partial charge is 0.371 e. The molecule has 0 atom stereocenters. The van der Waals surface area contributed by atoms with E-state index in [-0.39, 0.29) is 22.6 Å². The Morgan fingerprint density at radius 3 is 2.67 bits per heavy atom. The third-order valence-corrected chi connectivity index (χ3v) is 4.30. The third-order valence-electron chi connectivity index (χ3n) is 4.30.